The molecule has 7 nitrogen and oxygen atoms in total. The van der Waals surface area contributed by atoms with Gasteiger partial charge in [0.25, 0.3) is 0 Å². The molecule has 0 aliphatic heterocycles. The van der Waals surface area contributed by atoms with Crippen molar-refractivity contribution in [2.75, 3.05) is 24.2 Å². The van der Waals surface area contributed by atoms with Crippen molar-refractivity contribution in [3.05, 3.63) is 36.5 Å². The highest BCUT2D eigenvalue weighted by atomic mass is 16.5. The molecule has 0 radical (unpaired) electrons. The molecule has 0 aliphatic carbocycles. The molecule has 7 heteroatoms. The average Bonchev–Trinajstić information content (AvgIpc) is 2.94. The molecular weight excluding hydrogens is 258 g/mol. The number of pyridine rings is 1. The van der Waals surface area contributed by atoms with Crippen molar-refractivity contribution in [1.82, 2.24) is 14.5 Å². The van der Waals surface area contributed by atoms with Gasteiger partial charge < -0.3 is 20.4 Å². The maximum Gasteiger partial charge on any atom is 0.341 e. The van der Waals surface area contributed by atoms with Crippen molar-refractivity contribution in [3.63, 3.8) is 0 Å². The lowest BCUT2D eigenvalue weighted by Crippen LogP contribution is -2.15. The van der Waals surface area contributed by atoms with Crippen molar-refractivity contribution >= 4 is 17.5 Å². The van der Waals surface area contributed by atoms with Crippen LogP contribution in [0, 0.1) is 0 Å². The fourth-order valence-electron chi connectivity index (χ4n) is 1.71. The molecule has 2 rings (SSSR count). The second-order valence-corrected chi connectivity index (χ2v) is 4.11. The Morgan fingerprint density at radius 2 is 2.40 bits per heavy atom. The molecule has 2 aromatic rings. The van der Waals surface area contributed by atoms with Crippen LogP contribution >= 0.6 is 0 Å². The average molecular weight is 275 g/mol. The number of carbonyl (C=O) groups excluding carboxylic acids is 1. The van der Waals surface area contributed by atoms with E-state index in [0.717, 1.165) is 0 Å². The van der Waals surface area contributed by atoms with Crippen molar-refractivity contribution < 1.29 is 9.53 Å². The number of hydrogen-bond donors (Lipinski definition) is 2. The normalized spacial score (nSPS) is 10.2. The lowest BCUT2D eigenvalue weighted by molar-refractivity contribution is 0.0527. The first-order valence-corrected chi connectivity index (χ1v) is 6.33. The first-order chi connectivity index (χ1) is 9.70. The van der Waals surface area contributed by atoms with Gasteiger partial charge in [-0.3, -0.25) is 0 Å². The Balaban J connectivity index is 2.04. The third kappa shape index (κ3) is 3.47. The molecule has 106 valence electrons. The van der Waals surface area contributed by atoms with Crippen LogP contribution in [0.15, 0.2) is 31.0 Å². The fraction of sp³-hybridized carbons (Fsp3) is 0.308. The van der Waals surface area contributed by atoms with Crippen LogP contribution in [0.3, 0.4) is 0 Å². The number of aromatic nitrogens is 3. The van der Waals surface area contributed by atoms with Gasteiger partial charge in [0.15, 0.2) is 0 Å². The Labute approximate surface area is 116 Å². The van der Waals surface area contributed by atoms with E-state index in [9.17, 15) is 4.79 Å². The standard InChI is InChI=1S/C13H17N5O2/c1-2-20-13(19)11-7-10(14)8-17-12(11)16-4-6-18-5-3-15-9-18/h3,5,7-9H,2,4,6,14H2,1H3,(H,16,17). The highest BCUT2D eigenvalue weighted by Crippen LogP contribution is 2.16. The molecule has 0 fully saturated rings. The lowest BCUT2D eigenvalue weighted by atomic mass is 10.2. The molecule has 20 heavy (non-hydrogen) atoms. The summed E-state index contributed by atoms with van der Waals surface area (Å²) in [7, 11) is 0. The Morgan fingerprint density at radius 3 is 3.10 bits per heavy atom. The zero-order chi connectivity index (χ0) is 14.4. The summed E-state index contributed by atoms with van der Waals surface area (Å²) in [5.41, 5.74) is 6.43. The van der Waals surface area contributed by atoms with Gasteiger partial charge in [-0.2, -0.15) is 0 Å². The maximum absolute atomic E-state index is 11.8. The molecule has 0 saturated heterocycles. The summed E-state index contributed by atoms with van der Waals surface area (Å²) in [5, 5.41) is 3.10. The van der Waals surface area contributed by atoms with E-state index in [1.54, 1.807) is 25.5 Å². The summed E-state index contributed by atoms with van der Waals surface area (Å²) >= 11 is 0. The van der Waals surface area contributed by atoms with E-state index in [1.165, 1.54) is 6.20 Å². The maximum atomic E-state index is 11.8. The highest BCUT2D eigenvalue weighted by Gasteiger charge is 2.14. The number of carbonyl (C=O) groups is 1. The smallest absolute Gasteiger partial charge is 0.341 e. The summed E-state index contributed by atoms with van der Waals surface area (Å²) < 4.78 is 6.91. The summed E-state index contributed by atoms with van der Waals surface area (Å²) in [6.45, 7) is 3.39. The number of nitrogens with zero attached hydrogens (tertiary/aromatic N) is 3. The van der Waals surface area contributed by atoms with Gasteiger partial charge in [0.2, 0.25) is 0 Å². The summed E-state index contributed by atoms with van der Waals surface area (Å²) in [5.74, 6) is 0.0372. The largest absolute Gasteiger partial charge is 0.462 e. The van der Waals surface area contributed by atoms with Crippen LogP contribution in [0.2, 0.25) is 0 Å². The number of esters is 1. The van der Waals surface area contributed by atoms with Crippen LogP contribution in [-0.2, 0) is 11.3 Å². The van der Waals surface area contributed by atoms with Crippen molar-refractivity contribution in [2.24, 2.45) is 0 Å². The minimum atomic E-state index is -0.433. The first kappa shape index (κ1) is 13.9. The predicted molar refractivity (Wildman–Crippen MR) is 75.3 cm³/mol. The van der Waals surface area contributed by atoms with Crippen LogP contribution in [-0.4, -0.2) is 33.7 Å². The molecule has 0 amide bonds. The Hall–Kier alpha value is -2.57. The Morgan fingerprint density at radius 1 is 1.55 bits per heavy atom. The Kier molecular flexibility index (Phi) is 4.54. The van der Waals surface area contributed by atoms with E-state index in [4.69, 9.17) is 10.5 Å². The van der Waals surface area contributed by atoms with Crippen LogP contribution < -0.4 is 11.1 Å². The van der Waals surface area contributed by atoms with Crippen LogP contribution in [0.4, 0.5) is 11.5 Å². The molecular formula is C13H17N5O2. The number of imidazole rings is 1. The number of hydrogen-bond acceptors (Lipinski definition) is 6. The van der Waals surface area contributed by atoms with E-state index in [0.29, 0.717) is 36.8 Å². The molecule has 0 aromatic carbocycles. The lowest BCUT2D eigenvalue weighted by Gasteiger charge is -2.11. The van der Waals surface area contributed by atoms with E-state index in [1.807, 2.05) is 10.8 Å². The second-order valence-electron chi connectivity index (χ2n) is 4.11. The number of nitrogens with one attached hydrogen (secondary N) is 1. The third-order valence-corrected chi connectivity index (χ3v) is 2.63. The predicted octanol–water partition coefficient (Wildman–Crippen LogP) is 1.15. The van der Waals surface area contributed by atoms with Crippen molar-refractivity contribution in [1.29, 1.82) is 0 Å². The number of ether oxygens (including phenoxy) is 1. The van der Waals surface area contributed by atoms with E-state index in [-0.39, 0.29) is 0 Å². The van der Waals surface area contributed by atoms with Gasteiger partial charge in [-0.05, 0) is 13.0 Å². The molecule has 0 bridgehead atoms. The zero-order valence-corrected chi connectivity index (χ0v) is 11.2. The van der Waals surface area contributed by atoms with Gasteiger partial charge in [0, 0.05) is 25.5 Å². The van der Waals surface area contributed by atoms with Gasteiger partial charge in [0.1, 0.15) is 11.4 Å². The number of nitrogen functional groups attached to an aromatic ring is 1. The summed E-state index contributed by atoms with van der Waals surface area (Å²) in [6, 6.07) is 1.56. The van der Waals surface area contributed by atoms with Gasteiger partial charge in [-0.25, -0.2) is 14.8 Å². The first-order valence-electron chi connectivity index (χ1n) is 6.33. The molecule has 0 atom stereocenters. The molecule has 0 saturated carbocycles. The molecule has 0 unspecified atom stereocenters. The molecule has 2 aromatic heterocycles. The van der Waals surface area contributed by atoms with E-state index in [2.05, 4.69) is 15.3 Å². The highest BCUT2D eigenvalue weighted by molar-refractivity contribution is 5.95. The minimum Gasteiger partial charge on any atom is -0.462 e. The zero-order valence-electron chi connectivity index (χ0n) is 11.2. The van der Waals surface area contributed by atoms with E-state index >= 15 is 0 Å². The van der Waals surface area contributed by atoms with Crippen LogP contribution in [0.5, 0.6) is 0 Å². The van der Waals surface area contributed by atoms with Crippen molar-refractivity contribution in [3.8, 4) is 0 Å². The van der Waals surface area contributed by atoms with Crippen LogP contribution in [0.25, 0.3) is 0 Å². The van der Waals surface area contributed by atoms with Gasteiger partial charge in [-0.1, -0.05) is 0 Å². The SMILES string of the molecule is CCOC(=O)c1cc(N)cnc1NCCn1ccnc1. The number of anilines is 2. The van der Waals surface area contributed by atoms with Crippen molar-refractivity contribution in [2.45, 2.75) is 13.5 Å². The van der Waals surface area contributed by atoms with Gasteiger partial charge in [0.05, 0.1) is 24.8 Å². The molecule has 2 heterocycles. The number of rotatable bonds is 6. The molecule has 0 spiro atoms. The van der Waals surface area contributed by atoms with E-state index < -0.39 is 5.97 Å². The summed E-state index contributed by atoms with van der Waals surface area (Å²) in [4.78, 5) is 19.9. The molecule has 0 aliphatic rings. The van der Waals surface area contributed by atoms with Gasteiger partial charge in [-0.15, -0.1) is 0 Å². The molecule has 3 N–H and O–H groups in total. The minimum absolute atomic E-state index is 0.308. The second kappa shape index (κ2) is 6.55. The van der Waals surface area contributed by atoms with Gasteiger partial charge >= 0.3 is 5.97 Å². The summed E-state index contributed by atoms with van der Waals surface area (Å²) in [6.07, 6.45) is 6.81. The fourth-order valence-corrected chi connectivity index (χ4v) is 1.71. The van der Waals surface area contributed by atoms with Crippen LogP contribution in [0.1, 0.15) is 17.3 Å². The number of nitrogens with two attached hydrogens (primary N) is 1. The monoisotopic (exact) mass is 275 g/mol. The Bertz CT molecular complexity index is 568. The topological polar surface area (TPSA) is 95.1 Å². The third-order valence-electron chi connectivity index (χ3n) is 2.63. The quantitative estimate of drug-likeness (QED) is 0.768.